The Balaban J connectivity index is 3.06. The molecule has 92 valence electrons. The maximum absolute atomic E-state index is 13.4. The van der Waals surface area contributed by atoms with Gasteiger partial charge in [-0.2, -0.15) is 0 Å². The van der Waals surface area contributed by atoms with E-state index in [1.165, 1.54) is 0 Å². The number of hydrogen-bond acceptors (Lipinski definition) is 4. The van der Waals surface area contributed by atoms with E-state index < -0.39 is 42.7 Å². The van der Waals surface area contributed by atoms with Crippen LogP contribution in [0, 0.1) is 11.6 Å². The molecule has 0 saturated carbocycles. The van der Waals surface area contributed by atoms with Crippen LogP contribution in [0.25, 0.3) is 0 Å². The van der Waals surface area contributed by atoms with Crippen molar-refractivity contribution in [2.75, 3.05) is 0 Å². The maximum Gasteiger partial charge on any atom is 0.488 e. The lowest BCUT2D eigenvalue weighted by Crippen LogP contribution is -2.34. The summed E-state index contributed by atoms with van der Waals surface area (Å²) in [5.41, 5.74) is 4.30. The van der Waals surface area contributed by atoms with Crippen LogP contribution in [0.15, 0.2) is 12.1 Å². The average Bonchev–Trinajstić information content (AvgIpc) is 2.22. The van der Waals surface area contributed by atoms with Gasteiger partial charge in [-0.15, -0.1) is 0 Å². The predicted molar refractivity (Wildman–Crippen MR) is 55.5 cm³/mol. The molecule has 5 nitrogen and oxygen atoms in total. The van der Waals surface area contributed by atoms with Gasteiger partial charge in [-0.25, -0.2) is 8.78 Å². The van der Waals surface area contributed by atoms with Gasteiger partial charge in [0, 0.05) is 12.0 Å². The van der Waals surface area contributed by atoms with Gasteiger partial charge in [-0.05, 0) is 17.6 Å². The molecule has 0 saturated heterocycles. The Morgan fingerprint density at radius 2 is 1.82 bits per heavy atom. The molecule has 0 radical (unpaired) electrons. The molecule has 0 unspecified atom stereocenters. The monoisotopic (exact) mass is 245 g/mol. The van der Waals surface area contributed by atoms with Crippen LogP contribution in [0.3, 0.4) is 0 Å². The van der Waals surface area contributed by atoms with Gasteiger partial charge in [0.1, 0.15) is 17.7 Å². The van der Waals surface area contributed by atoms with Gasteiger partial charge in [-0.3, -0.25) is 4.79 Å². The molecule has 0 aliphatic heterocycles. The van der Waals surface area contributed by atoms with E-state index >= 15 is 0 Å². The summed E-state index contributed by atoms with van der Waals surface area (Å²) in [7, 11) is -2.00. The van der Waals surface area contributed by atoms with Crippen molar-refractivity contribution in [3.8, 4) is 0 Å². The number of carbonyl (C=O) groups is 1. The van der Waals surface area contributed by atoms with Crippen LogP contribution in [0.5, 0.6) is 0 Å². The topological polar surface area (TPSA) is 104 Å². The zero-order valence-electron chi connectivity index (χ0n) is 8.60. The highest BCUT2D eigenvalue weighted by Gasteiger charge is 2.21. The van der Waals surface area contributed by atoms with Crippen LogP contribution >= 0.6 is 0 Å². The summed E-state index contributed by atoms with van der Waals surface area (Å²) in [5.74, 6) is -3.51. The molecule has 1 aromatic rings. The normalized spacial score (nSPS) is 12.3. The minimum atomic E-state index is -2.00. The summed E-state index contributed by atoms with van der Waals surface area (Å²) in [6.07, 6.45) is -0.519. The van der Waals surface area contributed by atoms with Crippen molar-refractivity contribution >= 4 is 18.6 Å². The Morgan fingerprint density at radius 3 is 2.18 bits per heavy atom. The highest BCUT2D eigenvalue weighted by Crippen LogP contribution is 2.13. The van der Waals surface area contributed by atoms with E-state index in [1.54, 1.807) is 0 Å². The molecule has 0 bridgehead atoms. The molecule has 0 amide bonds. The van der Waals surface area contributed by atoms with Gasteiger partial charge in [0.05, 0.1) is 0 Å². The average molecular weight is 245 g/mol. The quantitative estimate of drug-likeness (QED) is 0.488. The van der Waals surface area contributed by atoms with E-state index in [4.69, 9.17) is 20.9 Å². The summed E-state index contributed by atoms with van der Waals surface area (Å²) in [6, 6.07) is 0.0128. The van der Waals surface area contributed by atoms with E-state index in [9.17, 15) is 13.6 Å². The summed E-state index contributed by atoms with van der Waals surface area (Å²) >= 11 is 0. The minimum absolute atomic E-state index is 0.354. The third-order valence-corrected chi connectivity index (χ3v) is 2.20. The summed E-state index contributed by atoms with van der Waals surface area (Å²) in [5, 5.41) is 26.0. The smallest absolute Gasteiger partial charge is 0.480 e. The van der Waals surface area contributed by atoms with Crippen molar-refractivity contribution in [2.24, 2.45) is 5.73 Å². The Hall–Kier alpha value is -1.51. The van der Waals surface area contributed by atoms with Crippen molar-refractivity contribution in [3.63, 3.8) is 0 Å². The number of aliphatic carboxylic acids is 1. The molecule has 0 aliphatic carbocycles. The van der Waals surface area contributed by atoms with Crippen LogP contribution in [0.2, 0.25) is 0 Å². The molecule has 17 heavy (non-hydrogen) atoms. The molecule has 0 fully saturated rings. The lowest BCUT2D eigenvalue weighted by Gasteiger charge is -2.10. The third-order valence-electron chi connectivity index (χ3n) is 2.20. The molecular weight excluding hydrogens is 235 g/mol. The number of carboxylic acids is 1. The summed E-state index contributed by atoms with van der Waals surface area (Å²) in [4.78, 5) is 10.5. The Labute approximate surface area is 95.6 Å². The molecule has 1 atom stereocenters. The first-order chi connectivity index (χ1) is 7.82. The first-order valence-electron chi connectivity index (χ1n) is 4.65. The fraction of sp³-hybridized carbons (Fsp3) is 0.222. The second kappa shape index (κ2) is 5.22. The van der Waals surface area contributed by atoms with Gasteiger partial charge in [0.15, 0.2) is 0 Å². The first kappa shape index (κ1) is 13.6. The molecule has 0 aliphatic rings. The van der Waals surface area contributed by atoms with Gasteiger partial charge < -0.3 is 20.9 Å². The zero-order chi connectivity index (χ0) is 13.2. The molecule has 1 aromatic carbocycles. The second-order valence-corrected chi connectivity index (χ2v) is 3.49. The number of nitrogens with two attached hydrogens (primary N) is 1. The molecule has 0 heterocycles. The predicted octanol–water partition coefficient (Wildman–Crippen LogP) is -1.40. The second-order valence-electron chi connectivity index (χ2n) is 3.49. The SMILES string of the molecule is N[C@@H](Cc1c(F)cc(B(O)O)cc1F)C(=O)O. The third kappa shape index (κ3) is 3.22. The van der Waals surface area contributed by atoms with Crippen LogP contribution in [-0.2, 0) is 11.2 Å². The zero-order valence-corrected chi connectivity index (χ0v) is 8.60. The van der Waals surface area contributed by atoms with Crippen LogP contribution < -0.4 is 11.2 Å². The first-order valence-corrected chi connectivity index (χ1v) is 4.65. The fourth-order valence-corrected chi connectivity index (χ4v) is 1.27. The van der Waals surface area contributed by atoms with Crippen molar-refractivity contribution in [2.45, 2.75) is 12.5 Å². The largest absolute Gasteiger partial charge is 0.488 e. The van der Waals surface area contributed by atoms with E-state index in [2.05, 4.69) is 0 Å². The van der Waals surface area contributed by atoms with Crippen molar-refractivity contribution in [1.82, 2.24) is 0 Å². The van der Waals surface area contributed by atoms with Gasteiger partial charge in [-0.1, -0.05) is 0 Å². The van der Waals surface area contributed by atoms with Crippen molar-refractivity contribution in [1.29, 1.82) is 0 Å². The van der Waals surface area contributed by atoms with E-state index in [-0.39, 0.29) is 5.46 Å². The number of benzene rings is 1. The fourth-order valence-electron chi connectivity index (χ4n) is 1.27. The summed E-state index contributed by atoms with van der Waals surface area (Å²) in [6.45, 7) is 0. The van der Waals surface area contributed by atoms with E-state index in [1.807, 2.05) is 0 Å². The summed E-state index contributed by atoms with van der Waals surface area (Å²) < 4.78 is 26.8. The Bertz CT molecular complexity index is 418. The maximum atomic E-state index is 13.4. The number of carboxylic acid groups (broad SMARTS) is 1. The van der Waals surface area contributed by atoms with Crippen LogP contribution in [0.1, 0.15) is 5.56 Å². The highest BCUT2D eigenvalue weighted by molar-refractivity contribution is 6.58. The standard InChI is InChI=1S/C9H10BF2NO4/c11-6-1-4(10(16)17)2-7(12)5(6)3-8(13)9(14)15/h1-2,8,16-17H,3,13H2,(H,14,15)/t8-/m0/s1. The minimum Gasteiger partial charge on any atom is -0.480 e. The lowest BCUT2D eigenvalue weighted by atomic mass is 9.79. The lowest BCUT2D eigenvalue weighted by molar-refractivity contribution is -0.138. The Kier molecular flexibility index (Phi) is 4.16. The van der Waals surface area contributed by atoms with Gasteiger partial charge in [0.25, 0.3) is 0 Å². The molecule has 0 spiro atoms. The van der Waals surface area contributed by atoms with Crippen molar-refractivity contribution < 1.29 is 28.7 Å². The van der Waals surface area contributed by atoms with Crippen LogP contribution in [0.4, 0.5) is 8.78 Å². The molecular formula is C9H10BF2NO4. The van der Waals surface area contributed by atoms with Gasteiger partial charge >= 0.3 is 13.1 Å². The number of hydrogen-bond donors (Lipinski definition) is 4. The Morgan fingerprint density at radius 1 is 1.35 bits per heavy atom. The van der Waals surface area contributed by atoms with Crippen LogP contribution in [-0.4, -0.2) is 34.3 Å². The number of halogens is 2. The van der Waals surface area contributed by atoms with Crippen molar-refractivity contribution in [3.05, 3.63) is 29.3 Å². The highest BCUT2D eigenvalue weighted by atomic mass is 19.1. The molecule has 0 aromatic heterocycles. The van der Waals surface area contributed by atoms with Gasteiger partial charge in [0.2, 0.25) is 0 Å². The number of rotatable bonds is 4. The molecule has 1 rings (SSSR count). The van der Waals surface area contributed by atoms with E-state index in [0.29, 0.717) is 0 Å². The van der Waals surface area contributed by atoms with E-state index in [0.717, 1.165) is 12.1 Å². The molecule has 5 N–H and O–H groups in total. The molecule has 8 heteroatoms.